The van der Waals surface area contributed by atoms with E-state index in [9.17, 15) is 9.90 Å². The van der Waals surface area contributed by atoms with E-state index in [2.05, 4.69) is 54.0 Å². The quantitative estimate of drug-likeness (QED) is 0.418. The first-order valence-electron chi connectivity index (χ1n) is 11.3. The Morgan fingerprint density at radius 2 is 1.74 bits per heavy atom. The van der Waals surface area contributed by atoms with Gasteiger partial charge in [-0.2, -0.15) is 0 Å². The number of halogens is 2. The highest BCUT2D eigenvalue weighted by Gasteiger charge is 2.39. The molecule has 0 aliphatic heterocycles. The molecule has 0 bridgehead atoms. The molecule has 31 heavy (non-hydrogen) atoms. The largest absolute Gasteiger partial charge is 0.481 e. The molecule has 0 spiro atoms. The third-order valence-electron chi connectivity index (χ3n) is 6.75. The van der Waals surface area contributed by atoms with Crippen molar-refractivity contribution in [2.24, 2.45) is 17.3 Å². The SMILES string of the molecule is CC/C(=C\c1ccccc1)[C@@H]1C[C@H]1NC[C@H]1CC[C@H](NCC(C)(C)C(=O)O)CC1.Cl.Cl. The van der Waals surface area contributed by atoms with Crippen LogP contribution in [0.1, 0.15) is 64.9 Å². The summed E-state index contributed by atoms with van der Waals surface area (Å²) >= 11 is 0. The summed E-state index contributed by atoms with van der Waals surface area (Å²) in [6.45, 7) is 7.52. The number of benzene rings is 1. The fourth-order valence-electron chi connectivity index (χ4n) is 4.43. The Hall–Kier alpha value is -1.07. The number of hydrogen-bond acceptors (Lipinski definition) is 3. The molecule has 2 saturated carbocycles. The molecule has 0 radical (unpaired) electrons. The Morgan fingerprint density at radius 3 is 2.32 bits per heavy atom. The van der Waals surface area contributed by atoms with Crippen molar-refractivity contribution in [3.8, 4) is 0 Å². The van der Waals surface area contributed by atoms with Crippen LogP contribution in [0, 0.1) is 17.3 Å². The molecule has 3 N–H and O–H groups in total. The highest BCUT2D eigenvalue weighted by Crippen LogP contribution is 2.40. The molecule has 2 fully saturated rings. The Kier molecular flexibility index (Phi) is 11.6. The van der Waals surface area contributed by atoms with E-state index in [4.69, 9.17) is 0 Å². The van der Waals surface area contributed by atoms with Crippen LogP contribution in [0.25, 0.3) is 6.08 Å². The molecule has 2 atom stereocenters. The lowest BCUT2D eigenvalue weighted by Gasteiger charge is -2.31. The van der Waals surface area contributed by atoms with Crippen LogP contribution in [0.5, 0.6) is 0 Å². The number of carbonyl (C=O) groups is 1. The molecule has 1 aromatic rings. The van der Waals surface area contributed by atoms with E-state index in [1.807, 2.05) is 0 Å². The summed E-state index contributed by atoms with van der Waals surface area (Å²) in [7, 11) is 0. The summed E-state index contributed by atoms with van der Waals surface area (Å²) in [5, 5.41) is 16.6. The normalized spacial score (nSPS) is 25.8. The summed E-state index contributed by atoms with van der Waals surface area (Å²) in [6.07, 6.45) is 9.55. The zero-order valence-electron chi connectivity index (χ0n) is 19.1. The fourth-order valence-corrected chi connectivity index (χ4v) is 4.43. The lowest BCUT2D eigenvalue weighted by molar-refractivity contribution is -0.146. The van der Waals surface area contributed by atoms with E-state index < -0.39 is 11.4 Å². The molecule has 3 rings (SSSR count). The van der Waals surface area contributed by atoms with Crippen molar-refractivity contribution in [3.05, 3.63) is 41.5 Å². The van der Waals surface area contributed by atoms with Gasteiger partial charge in [-0.15, -0.1) is 24.8 Å². The molecule has 0 heterocycles. The van der Waals surface area contributed by atoms with Crippen molar-refractivity contribution in [3.63, 3.8) is 0 Å². The zero-order chi connectivity index (χ0) is 20.9. The van der Waals surface area contributed by atoms with Crippen molar-refractivity contribution in [1.29, 1.82) is 0 Å². The van der Waals surface area contributed by atoms with E-state index in [1.165, 1.54) is 24.8 Å². The van der Waals surface area contributed by atoms with Gasteiger partial charge >= 0.3 is 5.97 Å². The monoisotopic (exact) mass is 470 g/mol. The van der Waals surface area contributed by atoms with Crippen molar-refractivity contribution >= 4 is 36.9 Å². The van der Waals surface area contributed by atoms with Gasteiger partial charge in [-0.05, 0) is 76.3 Å². The van der Waals surface area contributed by atoms with Gasteiger partial charge in [0.05, 0.1) is 5.41 Å². The topological polar surface area (TPSA) is 61.4 Å². The van der Waals surface area contributed by atoms with Gasteiger partial charge in [0, 0.05) is 18.6 Å². The van der Waals surface area contributed by atoms with Crippen LogP contribution in [0.3, 0.4) is 0 Å². The van der Waals surface area contributed by atoms with Gasteiger partial charge < -0.3 is 15.7 Å². The van der Waals surface area contributed by atoms with E-state index in [0.717, 1.165) is 31.7 Å². The minimum atomic E-state index is -0.727. The van der Waals surface area contributed by atoms with Gasteiger partial charge in [-0.1, -0.05) is 48.9 Å². The number of aliphatic carboxylic acids is 1. The molecule has 0 unspecified atom stereocenters. The van der Waals surface area contributed by atoms with E-state index in [-0.39, 0.29) is 24.8 Å². The van der Waals surface area contributed by atoms with Crippen molar-refractivity contribution in [2.75, 3.05) is 13.1 Å². The summed E-state index contributed by atoms with van der Waals surface area (Å²) < 4.78 is 0. The Balaban J connectivity index is 0.00000240. The second-order valence-electron chi connectivity index (χ2n) is 9.63. The molecule has 176 valence electrons. The number of rotatable bonds is 10. The van der Waals surface area contributed by atoms with Gasteiger partial charge in [0.25, 0.3) is 0 Å². The van der Waals surface area contributed by atoms with Gasteiger partial charge in [-0.25, -0.2) is 0 Å². The number of hydrogen-bond donors (Lipinski definition) is 3. The summed E-state index contributed by atoms with van der Waals surface area (Å²) in [5.74, 6) is 0.732. The minimum Gasteiger partial charge on any atom is -0.481 e. The maximum atomic E-state index is 11.2. The molecule has 2 aliphatic carbocycles. The summed E-state index contributed by atoms with van der Waals surface area (Å²) in [6, 6.07) is 11.8. The highest BCUT2D eigenvalue weighted by atomic mass is 35.5. The lowest BCUT2D eigenvalue weighted by Crippen LogP contribution is -2.43. The minimum absolute atomic E-state index is 0. The van der Waals surface area contributed by atoms with Gasteiger partial charge in [0.2, 0.25) is 0 Å². The lowest BCUT2D eigenvalue weighted by atomic mass is 9.85. The van der Waals surface area contributed by atoms with Crippen molar-refractivity contribution in [1.82, 2.24) is 10.6 Å². The van der Waals surface area contributed by atoms with Crippen LogP contribution >= 0.6 is 24.8 Å². The first-order valence-corrected chi connectivity index (χ1v) is 11.3. The van der Waals surface area contributed by atoms with Gasteiger partial charge in [0.1, 0.15) is 0 Å². The van der Waals surface area contributed by atoms with Crippen LogP contribution in [0.15, 0.2) is 35.9 Å². The van der Waals surface area contributed by atoms with Crippen molar-refractivity contribution < 1.29 is 9.90 Å². The Bertz CT molecular complexity index is 701. The smallest absolute Gasteiger partial charge is 0.310 e. The fraction of sp³-hybridized carbons (Fsp3) is 0.640. The van der Waals surface area contributed by atoms with Crippen LogP contribution in [-0.4, -0.2) is 36.2 Å². The van der Waals surface area contributed by atoms with Crippen molar-refractivity contribution in [2.45, 2.75) is 71.4 Å². The second-order valence-corrected chi connectivity index (χ2v) is 9.63. The van der Waals surface area contributed by atoms with E-state index in [0.29, 0.717) is 24.5 Å². The molecule has 4 nitrogen and oxygen atoms in total. The van der Waals surface area contributed by atoms with Gasteiger partial charge in [0.15, 0.2) is 0 Å². The number of carboxylic acids is 1. The summed E-state index contributed by atoms with van der Waals surface area (Å²) in [4.78, 5) is 11.2. The van der Waals surface area contributed by atoms with Gasteiger partial charge in [-0.3, -0.25) is 4.79 Å². The molecule has 2 aliphatic rings. The third-order valence-corrected chi connectivity index (χ3v) is 6.75. The Labute approximate surface area is 200 Å². The number of carboxylic acid groups (broad SMARTS) is 1. The first-order chi connectivity index (χ1) is 13.9. The molecule has 0 amide bonds. The summed E-state index contributed by atoms with van der Waals surface area (Å²) in [5.41, 5.74) is 2.19. The molecule has 1 aromatic carbocycles. The molecular weight excluding hydrogens is 431 g/mol. The molecule has 6 heteroatoms. The highest BCUT2D eigenvalue weighted by molar-refractivity contribution is 5.85. The third kappa shape index (κ3) is 8.42. The molecule has 0 aromatic heterocycles. The van der Waals surface area contributed by atoms with Crippen LogP contribution < -0.4 is 10.6 Å². The van der Waals surface area contributed by atoms with Crippen LogP contribution in [-0.2, 0) is 4.79 Å². The molecule has 0 saturated heterocycles. The van der Waals surface area contributed by atoms with Crippen LogP contribution in [0.4, 0.5) is 0 Å². The average Bonchev–Trinajstić information content (AvgIpc) is 3.50. The molecular formula is C25H40Cl2N2O2. The second kappa shape index (κ2) is 12.8. The van der Waals surface area contributed by atoms with E-state index in [1.54, 1.807) is 19.4 Å². The van der Waals surface area contributed by atoms with E-state index >= 15 is 0 Å². The standard InChI is InChI=1S/C25H38N2O2.2ClH/c1-4-20(14-18-8-6-5-7-9-18)22-15-23(22)26-16-19-10-12-21(13-11-19)27-17-25(2,3)24(28)29;;/h5-9,14,19,21-23,26-27H,4,10-13,15-17H2,1-3H3,(H,28,29);2*1H/b20-14+;;/t19-,21-,22-,23+;;/m0../s1. The average molecular weight is 472 g/mol. The number of nitrogens with one attached hydrogen (secondary N) is 2. The predicted molar refractivity (Wildman–Crippen MR) is 134 cm³/mol. The Morgan fingerprint density at radius 1 is 1.10 bits per heavy atom. The van der Waals surface area contributed by atoms with Crippen LogP contribution in [0.2, 0.25) is 0 Å². The maximum Gasteiger partial charge on any atom is 0.310 e. The zero-order valence-corrected chi connectivity index (χ0v) is 20.7. The first kappa shape index (κ1) is 28.0. The predicted octanol–water partition coefficient (Wildman–Crippen LogP) is 5.56. The maximum absolute atomic E-state index is 11.2.